The van der Waals surface area contributed by atoms with Gasteiger partial charge in [-0.05, 0) is 25.8 Å². The van der Waals surface area contributed by atoms with Crippen LogP contribution in [-0.4, -0.2) is 23.8 Å². The number of hydrogen-bond acceptors (Lipinski definition) is 2. The van der Waals surface area contributed by atoms with E-state index in [1.165, 1.54) is 0 Å². The lowest BCUT2D eigenvalue weighted by Crippen LogP contribution is -2.26. The van der Waals surface area contributed by atoms with Crippen molar-refractivity contribution in [3.63, 3.8) is 0 Å². The summed E-state index contributed by atoms with van der Waals surface area (Å²) in [5.41, 5.74) is 0. The van der Waals surface area contributed by atoms with Gasteiger partial charge >= 0.3 is 0 Å². The van der Waals surface area contributed by atoms with Crippen LogP contribution in [0.25, 0.3) is 0 Å². The van der Waals surface area contributed by atoms with E-state index in [0.717, 1.165) is 25.8 Å². The molecule has 1 aliphatic carbocycles. The van der Waals surface area contributed by atoms with Gasteiger partial charge in [-0.2, -0.15) is 0 Å². The predicted octanol–water partition coefficient (Wildman–Crippen LogP) is 0.509. The van der Waals surface area contributed by atoms with Crippen molar-refractivity contribution in [1.82, 2.24) is 5.32 Å². The van der Waals surface area contributed by atoms with Gasteiger partial charge < -0.3 is 10.4 Å². The van der Waals surface area contributed by atoms with Gasteiger partial charge in [-0.25, -0.2) is 0 Å². The zero-order valence-electron chi connectivity index (χ0n) is 5.93. The SMILES string of the molecule is CCN[C@H]1CC[C@@H](O)C1. The number of aliphatic hydroxyl groups excluding tert-OH is 1. The third-order valence-corrected chi connectivity index (χ3v) is 1.90. The summed E-state index contributed by atoms with van der Waals surface area (Å²) in [5, 5.41) is 12.4. The molecule has 1 fully saturated rings. The van der Waals surface area contributed by atoms with Gasteiger partial charge in [-0.15, -0.1) is 0 Å². The molecule has 0 aromatic carbocycles. The molecule has 2 atom stereocenters. The summed E-state index contributed by atoms with van der Waals surface area (Å²) in [7, 11) is 0. The molecule has 54 valence electrons. The van der Waals surface area contributed by atoms with Crippen LogP contribution in [0.1, 0.15) is 26.2 Å². The molecule has 0 unspecified atom stereocenters. The molecule has 1 aliphatic rings. The zero-order valence-corrected chi connectivity index (χ0v) is 5.93. The van der Waals surface area contributed by atoms with E-state index in [2.05, 4.69) is 12.2 Å². The first-order valence-electron chi connectivity index (χ1n) is 3.74. The Morgan fingerprint density at radius 1 is 1.56 bits per heavy atom. The van der Waals surface area contributed by atoms with Crippen molar-refractivity contribution in [2.24, 2.45) is 0 Å². The molecule has 2 nitrogen and oxygen atoms in total. The van der Waals surface area contributed by atoms with E-state index in [9.17, 15) is 0 Å². The van der Waals surface area contributed by atoms with Crippen LogP contribution in [0.3, 0.4) is 0 Å². The molecule has 0 spiro atoms. The number of rotatable bonds is 2. The van der Waals surface area contributed by atoms with Crippen LogP contribution in [-0.2, 0) is 0 Å². The van der Waals surface area contributed by atoms with Crippen molar-refractivity contribution in [2.45, 2.75) is 38.3 Å². The number of nitrogens with one attached hydrogen (secondary N) is 1. The fourth-order valence-corrected chi connectivity index (χ4v) is 1.43. The molecule has 0 amide bonds. The van der Waals surface area contributed by atoms with Gasteiger partial charge in [0.25, 0.3) is 0 Å². The maximum Gasteiger partial charge on any atom is 0.0555 e. The summed E-state index contributed by atoms with van der Waals surface area (Å²) < 4.78 is 0. The molecule has 0 saturated heterocycles. The molecular weight excluding hydrogens is 114 g/mol. The van der Waals surface area contributed by atoms with Gasteiger partial charge in [0.05, 0.1) is 6.10 Å². The Labute approximate surface area is 56.3 Å². The maximum absolute atomic E-state index is 9.09. The van der Waals surface area contributed by atoms with Crippen LogP contribution in [0, 0.1) is 0 Å². The van der Waals surface area contributed by atoms with Crippen LogP contribution in [0.15, 0.2) is 0 Å². The predicted molar refractivity (Wildman–Crippen MR) is 37.3 cm³/mol. The summed E-state index contributed by atoms with van der Waals surface area (Å²) in [6, 6.07) is 0.588. The Morgan fingerprint density at radius 3 is 2.78 bits per heavy atom. The summed E-state index contributed by atoms with van der Waals surface area (Å²) >= 11 is 0. The van der Waals surface area contributed by atoms with Gasteiger partial charge in [-0.1, -0.05) is 6.92 Å². The highest BCUT2D eigenvalue weighted by Crippen LogP contribution is 2.18. The van der Waals surface area contributed by atoms with Crippen LogP contribution in [0.5, 0.6) is 0 Å². The molecule has 9 heavy (non-hydrogen) atoms. The Kier molecular flexibility index (Phi) is 2.49. The summed E-state index contributed by atoms with van der Waals surface area (Å²) in [5.74, 6) is 0. The van der Waals surface area contributed by atoms with Crippen molar-refractivity contribution in [3.05, 3.63) is 0 Å². The van der Waals surface area contributed by atoms with Crippen molar-refractivity contribution in [1.29, 1.82) is 0 Å². The lowest BCUT2D eigenvalue weighted by atomic mass is 10.2. The molecule has 1 rings (SSSR count). The lowest BCUT2D eigenvalue weighted by molar-refractivity contribution is 0.180. The van der Waals surface area contributed by atoms with E-state index in [1.54, 1.807) is 0 Å². The minimum absolute atomic E-state index is 0.0333. The van der Waals surface area contributed by atoms with Crippen LogP contribution in [0.2, 0.25) is 0 Å². The van der Waals surface area contributed by atoms with Gasteiger partial charge in [-0.3, -0.25) is 0 Å². The largest absolute Gasteiger partial charge is 0.393 e. The van der Waals surface area contributed by atoms with Gasteiger partial charge in [0.15, 0.2) is 0 Å². The fourth-order valence-electron chi connectivity index (χ4n) is 1.43. The minimum atomic E-state index is -0.0333. The first-order valence-corrected chi connectivity index (χ1v) is 3.74. The van der Waals surface area contributed by atoms with Gasteiger partial charge in [0, 0.05) is 6.04 Å². The van der Waals surface area contributed by atoms with E-state index in [-0.39, 0.29) is 6.10 Å². The van der Waals surface area contributed by atoms with E-state index in [1.807, 2.05) is 0 Å². The molecule has 0 radical (unpaired) electrons. The molecule has 0 aliphatic heterocycles. The van der Waals surface area contributed by atoms with E-state index >= 15 is 0 Å². The van der Waals surface area contributed by atoms with Gasteiger partial charge in [0.2, 0.25) is 0 Å². The molecule has 2 heteroatoms. The Hall–Kier alpha value is -0.0800. The second kappa shape index (κ2) is 3.18. The minimum Gasteiger partial charge on any atom is -0.393 e. The summed E-state index contributed by atoms with van der Waals surface area (Å²) in [6.45, 7) is 3.13. The van der Waals surface area contributed by atoms with E-state index < -0.39 is 0 Å². The average molecular weight is 129 g/mol. The Bertz CT molecular complexity index is 83.0. The first-order chi connectivity index (χ1) is 4.33. The Balaban J connectivity index is 2.14. The highest BCUT2D eigenvalue weighted by atomic mass is 16.3. The Morgan fingerprint density at radius 2 is 2.33 bits per heavy atom. The molecule has 0 aromatic heterocycles. The second-order valence-electron chi connectivity index (χ2n) is 2.72. The first kappa shape index (κ1) is 7.03. The molecule has 0 aromatic rings. The fraction of sp³-hybridized carbons (Fsp3) is 1.00. The smallest absolute Gasteiger partial charge is 0.0555 e. The third kappa shape index (κ3) is 1.95. The molecule has 1 saturated carbocycles. The number of hydrogen-bond donors (Lipinski definition) is 2. The summed E-state index contributed by atoms with van der Waals surface area (Å²) in [6.07, 6.45) is 3.05. The average Bonchev–Trinajstić information content (AvgIpc) is 2.17. The second-order valence-corrected chi connectivity index (χ2v) is 2.72. The van der Waals surface area contributed by atoms with E-state index in [0.29, 0.717) is 6.04 Å². The van der Waals surface area contributed by atoms with Crippen LogP contribution in [0.4, 0.5) is 0 Å². The molecule has 0 heterocycles. The zero-order chi connectivity index (χ0) is 6.69. The van der Waals surface area contributed by atoms with Crippen LogP contribution >= 0.6 is 0 Å². The van der Waals surface area contributed by atoms with Crippen molar-refractivity contribution in [2.75, 3.05) is 6.54 Å². The van der Waals surface area contributed by atoms with Crippen molar-refractivity contribution >= 4 is 0 Å². The van der Waals surface area contributed by atoms with Crippen LogP contribution < -0.4 is 5.32 Å². The summed E-state index contributed by atoms with van der Waals surface area (Å²) in [4.78, 5) is 0. The van der Waals surface area contributed by atoms with E-state index in [4.69, 9.17) is 5.11 Å². The normalized spacial score (nSPS) is 35.3. The third-order valence-electron chi connectivity index (χ3n) is 1.90. The molecular formula is C7H15NO. The van der Waals surface area contributed by atoms with Crippen molar-refractivity contribution < 1.29 is 5.11 Å². The maximum atomic E-state index is 9.09. The quantitative estimate of drug-likeness (QED) is 0.569. The molecule has 0 bridgehead atoms. The topological polar surface area (TPSA) is 32.3 Å². The van der Waals surface area contributed by atoms with Gasteiger partial charge in [0.1, 0.15) is 0 Å². The van der Waals surface area contributed by atoms with Crippen molar-refractivity contribution in [3.8, 4) is 0 Å². The highest BCUT2D eigenvalue weighted by Gasteiger charge is 2.20. The molecule has 2 N–H and O–H groups in total. The lowest BCUT2D eigenvalue weighted by Gasteiger charge is -2.08. The highest BCUT2D eigenvalue weighted by molar-refractivity contribution is 4.79. The standard InChI is InChI=1S/C7H15NO/c1-2-8-6-3-4-7(9)5-6/h6-9H,2-5H2,1H3/t6-,7+/m0/s1. The number of aliphatic hydroxyl groups is 1. The monoisotopic (exact) mass is 129 g/mol.